The fraction of sp³-hybridized carbons (Fsp3) is 0.429. The third-order valence-corrected chi connectivity index (χ3v) is 3.65. The van der Waals surface area contributed by atoms with E-state index in [1.165, 1.54) is 32.0 Å². The molecule has 1 aromatic heterocycles. The molecule has 21 heavy (non-hydrogen) atoms. The van der Waals surface area contributed by atoms with Gasteiger partial charge in [0, 0.05) is 11.7 Å². The third kappa shape index (κ3) is 3.63. The van der Waals surface area contributed by atoms with Gasteiger partial charge < -0.3 is 10.6 Å². The van der Waals surface area contributed by atoms with Crippen LogP contribution in [-0.4, -0.2) is 38.7 Å². The van der Waals surface area contributed by atoms with E-state index in [0.29, 0.717) is 12.6 Å². The molecular formula is C14H18N6O. The van der Waals surface area contributed by atoms with Crippen molar-refractivity contribution < 1.29 is 4.79 Å². The van der Waals surface area contributed by atoms with Crippen LogP contribution in [0.5, 0.6) is 0 Å². The molecule has 0 aliphatic heterocycles. The highest BCUT2D eigenvalue weighted by Crippen LogP contribution is 2.17. The maximum Gasteiger partial charge on any atom is 0.238 e. The number of hydrogen-bond acceptors (Lipinski definition) is 5. The van der Waals surface area contributed by atoms with Crippen LogP contribution in [0, 0.1) is 0 Å². The molecule has 1 heterocycles. The van der Waals surface area contributed by atoms with Gasteiger partial charge in [-0.3, -0.25) is 4.79 Å². The quantitative estimate of drug-likeness (QED) is 0.860. The zero-order chi connectivity index (χ0) is 14.5. The lowest BCUT2D eigenvalue weighted by molar-refractivity contribution is -0.115. The number of benzene rings is 1. The van der Waals surface area contributed by atoms with Crippen LogP contribution in [0.15, 0.2) is 30.6 Å². The van der Waals surface area contributed by atoms with E-state index >= 15 is 0 Å². The van der Waals surface area contributed by atoms with Crippen molar-refractivity contribution in [2.24, 2.45) is 0 Å². The lowest BCUT2D eigenvalue weighted by Crippen LogP contribution is -2.34. The first-order valence-electron chi connectivity index (χ1n) is 7.18. The summed E-state index contributed by atoms with van der Waals surface area (Å²) in [5.41, 5.74) is 1.54. The average Bonchev–Trinajstić information content (AvgIpc) is 3.19. The molecule has 0 atom stereocenters. The Morgan fingerprint density at radius 2 is 2.19 bits per heavy atom. The highest BCUT2D eigenvalue weighted by atomic mass is 16.1. The van der Waals surface area contributed by atoms with E-state index in [1.54, 1.807) is 4.68 Å². The van der Waals surface area contributed by atoms with Crippen LogP contribution in [-0.2, 0) is 4.79 Å². The molecule has 0 unspecified atom stereocenters. The van der Waals surface area contributed by atoms with Gasteiger partial charge in [-0.1, -0.05) is 18.9 Å². The zero-order valence-corrected chi connectivity index (χ0v) is 11.7. The Kier molecular flexibility index (Phi) is 4.20. The summed E-state index contributed by atoms with van der Waals surface area (Å²) in [6, 6.07) is 7.91. The second-order valence-electron chi connectivity index (χ2n) is 5.22. The average molecular weight is 286 g/mol. The number of carbonyl (C=O) groups excluding carboxylic acids is 1. The highest BCUT2D eigenvalue weighted by molar-refractivity contribution is 5.92. The van der Waals surface area contributed by atoms with Crippen molar-refractivity contribution in [1.29, 1.82) is 0 Å². The molecule has 1 aromatic carbocycles. The van der Waals surface area contributed by atoms with Crippen LogP contribution in [0.4, 0.5) is 5.69 Å². The summed E-state index contributed by atoms with van der Waals surface area (Å²) in [6.45, 7) is 0.347. The van der Waals surface area contributed by atoms with Crippen LogP contribution in [0.2, 0.25) is 0 Å². The molecule has 1 fully saturated rings. The highest BCUT2D eigenvalue weighted by Gasteiger charge is 2.15. The van der Waals surface area contributed by atoms with Crippen molar-refractivity contribution in [3.8, 4) is 5.69 Å². The van der Waals surface area contributed by atoms with E-state index in [1.807, 2.05) is 24.3 Å². The topological polar surface area (TPSA) is 84.7 Å². The Balaban J connectivity index is 1.56. The molecule has 7 heteroatoms. The summed E-state index contributed by atoms with van der Waals surface area (Å²) in [7, 11) is 0. The smallest absolute Gasteiger partial charge is 0.238 e. The summed E-state index contributed by atoms with van der Waals surface area (Å²) < 4.78 is 1.55. The van der Waals surface area contributed by atoms with E-state index in [-0.39, 0.29) is 5.91 Å². The number of nitrogens with zero attached hydrogens (tertiary/aromatic N) is 4. The van der Waals surface area contributed by atoms with Gasteiger partial charge in [-0.2, -0.15) is 0 Å². The van der Waals surface area contributed by atoms with E-state index in [4.69, 9.17) is 0 Å². The Hall–Kier alpha value is -2.28. The second kappa shape index (κ2) is 6.45. The fourth-order valence-electron chi connectivity index (χ4n) is 2.58. The number of tetrazole rings is 1. The SMILES string of the molecule is O=C(CNC1CCCC1)Nc1cccc(-n2cnnn2)c1. The van der Waals surface area contributed by atoms with Crippen LogP contribution < -0.4 is 10.6 Å². The molecule has 0 radical (unpaired) electrons. The van der Waals surface area contributed by atoms with Crippen molar-refractivity contribution in [2.75, 3.05) is 11.9 Å². The van der Waals surface area contributed by atoms with E-state index in [0.717, 1.165) is 11.4 Å². The minimum absolute atomic E-state index is 0.0317. The molecule has 1 aliphatic rings. The molecule has 0 saturated heterocycles. The maximum atomic E-state index is 11.9. The van der Waals surface area contributed by atoms with E-state index in [9.17, 15) is 4.79 Å². The predicted molar refractivity (Wildman–Crippen MR) is 78.0 cm³/mol. The number of carbonyl (C=O) groups is 1. The monoisotopic (exact) mass is 286 g/mol. The third-order valence-electron chi connectivity index (χ3n) is 3.65. The molecule has 1 amide bonds. The van der Waals surface area contributed by atoms with Crippen LogP contribution >= 0.6 is 0 Å². The Morgan fingerprint density at radius 3 is 2.95 bits per heavy atom. The number of anilines is 1. The molecule has 7 nitrogen and oxygen atoms in total. The van der Waals surface area contributed by atoms with E-state index < -0.39 is 0 Å². The Labute approximate surface area is 122 Å². The summed E-state index contributed by atoms with van der Waals surface area (Å²) in [4.78, 5) is 11.9. The zero-order valence-electron chi connectivity index (χ0n) is 11.7. The van der Waals surface area contributed by atoms with Crippen molar-refractivity contribution >= 4 is 11.6 Å². The summed E-state index contributed by atoms with van der Waals surface area (Å²) in [5, 5.41) is 17.2. The van der Waals surface area contributed by atoms with Crippen molar-refractivity contribution in [2.45, 2.75) is 31.7 Å². The van der Waals surface area contributed by atoms with Crippen molar-refractivity contribution in [3.05, 3.63) is 30.6 Å². The Morgan fingerprint density at radius 1 is 1.33 bits per heavy atom. The number of rotatable bonds is 5. The number of hydrogen-bond donors (Lipinski definition) is 2. The van der Waals surface area contributed by atoms with Gasteiger partial charge in [-0.05, 0) is 41.5 Å². The summed E-state index contributed by atoms with van der Waals surface area (Å²) in [6.07, 6.45) is 6.37. The molecule has 0 bridgehead atoms. The minimum atomic E-state index is -0.0317. The van der Waals surface area contributed by atoms with Gasteiger partial charge in [0.15, 0.2) is 0 Å². The largest absolute Gasteiger partial charge is 0.325 e. The summed E-state index contributed by atoms with van der Waals surface area (Å²) in [5.74, 6) is -0.0317. The normalized spacial score (nSPS) is 15.2. The van der Waals surface area contributed by atoms with Crippen LogP contribution in [0.3, 0.4) is 0 Å². The lowest BCUT2D eigenvalue weighted by atomic mass is 10.2. The molecule has 110 valence electrons. The van der Waals surface area contributed by atoms with E-state index in [2.05, 4.69) is 26.2 Å². The number of amides is 1. The molecule has 1 aliphatic carbocycles. The fourth-order valence-corrected chi connectivity index (χ4v) is 2.58. The minimum Gasteiger partial charge on any atom is -0.325 e. The van der Waals surface area contributed by atoms with Gasteiger partial charge in [-0.25, -0.2) is 4.68 Å². The Bertz CT molecular complexity index is 591. The standard InChI is InChI=1S/C14H18N6O/c21-14(9-15-11-4-1-2-5-11)17-12-6-3-7-13(8-12)20-10-16-18-19-20/h3,6-8,10-11,15H,1-2,4-5,9H2,(H,17,21). The molecular weight excluding hydrogens is 268 g/mol. The van der Waals surface area contributed by atoms with Gasteiger partial charge in [-0.15, -0.1) is 5.10 Å². The van der Waals surface area contributed by atoms with Crippen LogP contribution in [0.25, 0.3) is 5.69 Å². The predicted octanol–water partition coefficient (Wildman–Crippen LogP) is 1.13. The summed E-state index contributed by atoms with van der Waals surface area (Å²) >= 11 is 0. The molecule has 3 rings (SSSR count). The molecule has 2 aromatic rings. The molecule has 1 saturated carbocycles. The first-order valence-corrected chi connectivity index (χ1v) is 7.18. The van der Waals surface area contributed by atoms with Crippen LogP contribution in [0.1, 0.15) is 25.7 Å². The molecule has 2 N–H and O–H groups in total. The van der Waals surface area contributed by atoms with Crippen molar-refractivity contribution in [1.82, 2.24) is 25.5 Å². The van der Waals surface area contributed by atoms with Gasteiger partial charge in [0.05, 0.1) is 12.2 Å². The van der Waals surface area contributed by atoms with Gasteiger partial charge in [0.2, 0.25) is 5.91 Å². The van der Waals surface area contributed by atoms with Gasteiger partial charge in [0.1, 0.15) is 6.33 Å². The van der Waals surface area contributed by atoms with Crippen molar-refractivity contribution in [3.63, 3.8) is 0 Å². The first kappa shape index (κ1) is 13.7. The van der Waals surface area contributed by atoms with Gasteiger partial charge >= 0.3 is 0 Å². The van der Waals surface area contributed by atoms with Gasteiger partial charge in [0.25, 0.3) is 0 Å². The number of nitrogens with one attached hydrogen (secondary N) is 2. The lowest BCUT2D eigenvalue weighted by Gasteiger charge is -2.12. The first-order chi connectivity index (χ1) is 10.3. The number of aromatic nitrogens is 4. The second-order valence-corrected chi connectivity index (χ2v) is 5.22. The maximum absolute atomic E-state index is 11.9. The molecule has 0 spiro atoms.